The molecular weight excluding hydrogens is 196 g/mol. The predicted molar refractivity (Wildman–Crippen MR) is 51.9 cm³/mol. The topological polar surface area (TPSA) is 56.5 Å². The number of esters is 1. The maximum atomic E-state index is 10.9. The van der Waals surface area contributed by atoms with Gasteiger partial charge in [-0.15, -0.1) is 0 Å². The van der Waals surface area contributed by atoms with Crippen LogP contribution in [0.25, 0.3) is 6.08 Å². The Morgan fingerprint density at radius 2 is 2.00 bits per heavy atom. The molecule has 0 saturated carbocycles. The molecule has 0 aromatic carbocycles. The fourth-order valence-corrected chi connectivity index (χ4v) is 1.25. The van der Waals surface area contributed by atoms with Gasteiger partial charge in [-0.2, -0.15) is 0 Å². The normalized spacial score (nSPS) is 17.8. The summed E-state index contributed by atoms with van der Waals surface area (Å²) in [5, 5.41) is 0. The van der Waals surface area contributed by atoms with Gasteiger partial charge < -0.3 is 9.15 Å². The molecule has 76 valence electrons. The Hall–Kier alpha value is -2.10. The van der Waals surface area contributed by atoms with Crippen LogP contribution in [-0.2, 0) is 9.53 Å². The molecule has 0 bridgehead atoms. The Balaban J connectivity index is 2.27. The molecule has 2 rings (SSSR count). The molecule has 0 saturated heterocycles. The predicted octanol–water partition coefficient (Wildman–Crippen LogP) is 1.94. The molecule has 0 spiro atoms. The van der Waals surface area contributed by atoms with Gasteiger partial charge in [0.2, 0.25) is 0 Å². The second kappa shape index (κ2) is 3.57. The summed E-state index contributed by atoms with van der Waals surface area (Å²) in [5.74, 6) is 0.787. The summed E-state index contributed by atoms with van der Waals surface area (Å²) < 4.78 is 10.0. The molecule has 0 aliphatic carbocycles. The minimum absolute atomic E-state index is 0.243. The lowest BCUT2D eigenvalue weighted by molar-refractivity contribution is -0.132. The van der Waals surface area contributed by atoms with Crippen LogP contribution in [0.5, 0.6) is 0 Å². The molecule has 0 amide bonds. The Labute approximate surface area is 85.8 Å². The highest BCUT2D eigenvalue weighted by Gasteiger charge is 2.16. The number of rotatable bonds is 2. The first kappa shape index (κ1) is 9.45. The minimum atomic E-state index is -0.388. The molecule has 15 heavy (non-hydrogen) atoms. The van der Waals surface area contributed by atoms with Gasteiger partial charge in [-0.1, -0.05) is 0 Å². The van der Waals surface area contributed by atoms with Crippen molar-refractivity contribution in [3.8, 4) is 0 Å². The highest BCUT2D eigenvalue weighted by Crippen LogP contribution is 2.22. The molecule has 1 aliphatic heterocycles. The van der Waals surface area contributed by atoms with Gasteiger partial charge in [0.15, 0.2) is 12.0 Å². The van der Waals surface area contributed by atoms with Crippen molar-refractivity contribution in [3.05, 3.63) is 41.1 Å². The van der Waals surface area contributed by atoms with Gasteiger partial charge >= 0.3 is 5.97 Å². The summed E-state index contributed by atoms with van der Waals surface area (Å²) >= 11 is 0. The summed E-state index contributed by atoms with van der Waals surface area (Å²) in [6.07, 6.45) is 3.59. The highest BCUT2D eigenvalue weighted by molar-refractivity contribution is 5.89. The van der Waals surface area contributed by atoms with Crippen molar-refractivity contribution in [2.45, 2.75) is 6.92 Å². The van der Waals surface area contributed by atoms with Crippen molar-refractivity contribution in [1.29, 1.82) is 0 Å². The number of carbonyl (C=O) groups excluding carboxylic acids is 2. The van der Waals surface area contributed by atoms with Gasteiger partial charge in [0.05, 0.1) is 0 Å². The second-order valence-corrected chi connectivity index (χ2v) is 3.12. The van der Waals surface area contributed by atoms with Crippen LogP contribution in [0.1, 0.15) is 23.2 Å². The number of cyclic esters (lactones) is 1. The Kier molecular flexibility index (Phi) is 2.25. The van der Waals surface area contributed by atoms with Crippen molar-refractivity contribution in [1.82, 2.24) is 0 Å². The van der Waals surface area contributed by atoms with Gasteiger partial charge in [0, 0.05) is 12.2 Å². The molecule has 2 heterocycles. The third kappa shape index (κ3) is 1.88. The van der Waals surface area contributed by atoms with Crippen molar-refractivity contribution in [2.75, 3.05) is 0 Å². The molecular formula is C11H8O4. The molecule has 1 aromatic rings. The van der Waals surface area contributed by atoms with Crippen molar-refractivity contribution >= 4 is 18.3 Å². The van der Waals surface area contributed by atoms with Crippen LogP contribution >= 0.6 is 0 Å². The zero-order valence-corrected chi connectivity index (χ0v) is 8.02. The molecule has 1 aliphatic rings. The van der Waals surface area contributed by atoms with E-state index in [1.165, 1.54) is 6.08 Å². The number of furan rings is 1. The smallest absolute Gasteiger partial charge is 0.336 e. The Morgan fingerprint density at radius 3 is 2.53 bits per heavy atom. The molecule has 0 radical (unpaired) electrons. The first-order chi connectivity index (χ1) is 7.19. The van der Waals surface area contributed by atoms with Crippen molar-refractivity contribution in [2.24, 2.45) is 0 Å². The van der Waals surface area contributed by atoms with Crippen LogP contribution in [-0.4, -0.2) is 12.3 Å². The Morgan fingerprint density at radius 1 is 1.27 bits per heavy atom. The van der Waals surface area contributed by atoms with Crippen LogP contribution in [0, 0.1) is 0 Å². The van der Waals surface area contributed by atoms with Gasteiger partial charge in [0.25, 0.3) is 0 Å². The molecule has 0 unspecified atom stereocenters. The zero-order chi connectivity index (χ0) is 10.8. The van der Waals surface area contributed by atoms with Gasteiger partial charge in [-0.25, -0.2) is 4.79 Å². The standard InChI is InChI=1S/C11H8O4/c1-7-4-11(13)15-10(7)5-8-2-3-9(6-12)14-8/h2-6H,1H3/b10-5-. The number of ether oxygens (including phenoxy) is 1. The lowest BCUT2D eigenvalue weighted by Crippen LogP contribution is -1.90. The van der Waals surface area contributed by atoms with Crippen LogP contribution in [0.15, 0.2) is 34.0 Å². The average Bonchev–Trinajstić information content (AvgIpc) is 2.75. The molecule has 4 nitrogen and oxygen atoms in total. The van der Waals surface area contributed by atoms with Crippen molar-refractivity contribution < 1.29 is 18.7 Å². The SMILES string of the molecule is CC1=CC(=O)O/C1=C\c1ccc(C=O)o1. The molecule has 0 atom stereocenters. The number of carbonyl (C=O) groups is 2. The van der Waals surface area contributed by atoms with Crippen molar-refractivity contribution in [3.63, 3.8) is 0 Å². The number of hydrogen-bond donors (Lipinski definition) is 0. The number of aldehydes is 1. The molecule has 4 heteroatoms. The van der Waals surface area contributed by atoms with Crippen LogP contribution in [0.2, 0.25) is 0 Å². The first-order valence-corrected chi connectivity index (χ1v) is 4.36. The third-order valence-electron chi connectivity index (χ3n) is 1.97. The van der Waals surface area contributed by atoms with E-state index in [1.54, 1.807) is 25.1 Å². The summed E-state index contributed by atoms with van der Waals surface area (Å²) in [7, 11) is 0. The number of allylic oxidation sites excluding steroid dienone is 1. The maximum Gasteiger partial charge on any atom is 0.336 e. The molecule has 0 fully saturated rings. The van der Waals surface area contributed by atoms with E-state index in [2.05, 4.69) is 0 Å². The van der Waals surface area contributed by atoms with Crippen LogP contribution in [0.3, 0.4) is 0 Å². The van der Waals surface area contributed by atoms with Gasteiger partial charge in [-0.3, -0.25) is 4.79 Å². The summed E-state index contributed by atoms with van der Waals surface area (Å²) in [4.78, 5) is 21.3. The summed E-state index contributed by atoms with van der Waals surface area (Å²) in [6.45, 7) is 1.76. The molecule has 0 N–H and O–H groups in total. The van der Waals surface area contributed by atoms with Crippen LogP contribution < -0.4 is 0 Å². The van der Waals surface area contributed by atoms with E-state index in [0.717, 1.165) is 5.57 Å². The largest absolute Gasteiger partial charge is 0.454 e. The van der Waals surface area contributed by atoms with Gasteiger partial charge in [0.1, 0.15) is 11.5 Å². The maximum absolute atomic E-state index is 10.9. The lowest BCUT2D eigenvalue weighted by Gasteiger charge is -1.96. The van der Waals surface area contributed by atoms with E-state index in [0.29, 0.717) is 17.8 Å². The Bertz CT molecular complexity index is 477. The average molecular weight is 204 g/mol. The van der Waals surface area contributed by atoms with Gasteiger partial charge in [-0.05, 0) is 24.6 Å². The minimum Gasteiger partial charge on any atom is -0.454 e. The van der Waals surface area contributed by atoms with E-state index >= 15 is 0 Å². The second-order valence-electron chi connectivity index (χ2n) is 3.12. The summed E-state index contributed by atoms with van der Waals surface area (Å²) in [5.41, 5.74) is 0.740. The van der Waals surface area contributed by atoms with E-state index in [4.69, 9.17) is 9.15 Å². The third-order valence-corrected chi connectivity index (χ3v) is 1.97. The van der Waals surface area contributed by atoms with E-state index in [9.17, 15) is 9.59 Å². The monoisotopic (exact) mass is 204 g/mol. The fourth-order valence-electron chi connectivity index (χ4n) is 1.25. The first-order valence-electron chi connectivity index (χ1n) is 4.36. The quantitative estimate of drug-likeness (QED) is 0.545. The lowest BCUT2D eigenvalue weighted by atomic mass is 10.2. The van der Waals surface area contributed by atoms with E-state index < -0.39 is 0 Å². The van der Waals surface area contributed by atoms with E-state index in [1.807, 2.05) is 0 Å². The highest BCUT2D eigenvalue weighted by atomic mass is 16.5. The van der Waals surface area contributed by atoms with Crippen LogP contribution in [0.4, 0.5) is 0 Å². The number of hydrogen-bond acceptors (Lipinski definition) is 4. The summed E-state index contributed by atoms with van der Waals surface area (Å²) in [6, 6.07) is 3.19. The molecule has 1 aromatic heterocycles. The van der Waals surface area contributed by atoms with E-state index in [-0.39, 0.29) is 11.7 Å². The fraction of sp³-hybridized carbons (Fsp3) is 0.0909. The zero-order valence-electron chi connectivity index (χ0n) is 8.02.